The summed E-state index contributed by atoms with van der Waals surface area (Å²) in [6.45, 7) is 2.03. The van der Waals surface area contributed by atoms with Gasteiger partial charge in [-0.05, 0) is 55.3 Å². The Labute approximate surface area is 201 Å². The number of halogens is 1. The van der Waals surface area contributed by atoms with E-state index in [1.165, 1.54) is 24.8 Å². The van der Waals surface area contributed by atoms with E-state index in [1.807, 2.05) is 34.9 Å². The smallest absolute Gasteiger partial charge is 0.234 e. The highest BCUT2D eigenvalue weighted by Crippen LogP contribution is 2.26. The third kappa shape index (κ3) is 5.77. The summed E-state index contributed by atoms with van der Waals surface area (Å²) in [6, 6.07) is 23.2. The van der Waals surface area contributed by atoms with Gasteiger partial charge in [-0.2, -0.15) is 0 Å². The number of nitrogens with zero attached hydrogens (tertiary/aromatic N) is 3. The first-order chi connectivity index (χ1) is 16.5. The van der Waals surface area contributed by atoms with Crippen molar-refractivity contribution in [3.63, 3.8) is 0 Å². The topological polar surface area (TPSA) is 76.9 Å². The SMILES string of the molecule is CC(=O)c1ccc(NC(=O)CSc2nnc(-c3ccccc3F)n2CCc2ccccc2)cc1. The number of Topliss-reactive ketones (excluding diaryl/α,β-unsaturated/α-hetero) is 1. The number of amides is 1. The summed E-state index contributed by atoms with van der Waals surface area (Å²) < 4.78 is 16.3. The normalized spacial score (nSPS) is 10.8. The number of nitrogens with one attached hydrogen (secondary N) is 1. The molecule has 0 saturated carbocycles. The van der Waals surface area contributed by atoms with Crippen LogP contribution < -0.4 is 5.32 Å². The van der Waals surface area contributed by atoms with Crippen LogP contribution in [0.15, 0.2) is 84.0 Å². The molecule has 1 heterocycles. The van der Waals surface area contributed by atoms with Crippen LogP contribution in [0.2, 0.25) is 0 Å². The number of carbonyl (C=O) groups is 2. The van der Waals surface area contributed by atoms with E-state index in [9.17, 15) is 14.0 Å². The number of benzene rings is 3. The number of ketones is 1. The number of carbonyl (C=O) groups excluding carboxylic acids is 2. The zero-order valence-corrected chi connectivity index (χ0v) is 19.4. The summed E-state index contributed by atoms with van der Waals surface area (Å²) in [4.78, 5) is 23.9. The van der Waals surface area contributed by atoms with Crippen molar-refractivity contribution in [2.24, 2.45) is 0 Å². The summed E-state index contributed by atoms with van der Waals surface area (Å²) >= 11 is 1.24. The molecule has 8 heteroatoms. The molecule has 1 N–H and O–H groups in total. The molecule has 0 fully saturated rings. The largest absolute Gasteiger partial charge is 0.325 e. The second-order valence-electron chi connectivity index (χ2n) is 7.64. The third-order valence-electron chi connectivity index (χ3n) is 5.21. The lowest BCUT2D eigenvalue weighted by Crippen LogP contribution is -2.15. The van der Waals surface area contributed by atoms with E-state index in [-0.39, 0.29) is 23.3 Å². The third-order valence-corrected chi connectivity index (χ3v) is 6.17. The minimum atomic E-state index is -0.376. The number of hydrogen-bond donors (Lipinski definition) is 1. The average molecular weight is 475 g/mol. The van der Waals surface area contributed by atoms with Crippen molar-refractivity contribution in [3.8, 4) is 11.4 Å². The maximum Gasteiger partial charge on any atom is 0.234 e. The van der Waals surface area contributed by atoms with Gasteiger partial charge in [-0.15, -0.1) is 10.2 Å². The lowest BCUT2D eigenvalue weighted by Gasteiger charge is -2.11. The van der Waals surface area contributed by atoms with Gasteiger partial charge < -0.3 is 9.88 Å². The summed E-state index contributed by atoms with van der Waals surface area (Å²) in [5.41, 5.74) is 2.69. The number of aromatic nitrogens is 3. The molecule has 1 amide bonds. The van der Waals surface area contributed by atoms with Crippen molar-refractivity contribution in [3.05, 3.63) is 95.8 Å². The molecule has 4 rings (SSSR count). The molecular weight excluding hydrogens is 451 g/mol. The van der Waals surface area contributed by atoms with Crippen LogP contribution in [-0.4, -0.2) is 32.2 Å². The molecular formula is C26H23FN4O2S. The van der Waals surface area contributed by atoms with Crippen molar-refractivity contribution in [1.82, 2.24) is 14.8 Å². The Morgan fingerprint density at radius 2 is 1.65 bits per heavy atom. The molecule has 1 aromatic heterocycles. The van der Waals surface area contributed by atoms with E-state index in [4.69, 9.17) is 0 Å². The number of thioether (sulfide) groups is 1. The van der Waals surface area contributed by atoms with Crippen LogP contribution in [0.5, 0.6) is 0 Å². The van der Waals surface area contributed by atoms with E-state index in [1.54, 1.807) is 42.5 Å². The molecule has 0 atom stereocenters. The highest BCUT2D eigenvalue weighted by Gasteiger charge is 2.18. The standard InChI is InChI=1S/C26H23FN4O2S/c1-18(32)20-11-13-21(14-12-20)28-24(33)17-34-26-30-29-25(22-9-5-6-10-23(22)27)31(26)16-15-19-7-3-2-4-8-19/h2-14H,15-17H2,1H3,(H,28,33). The predicted octanol–water partition coefficient (Wildman–Crippen LogP) is 5.26. The molecule has 0 saturated heterocycles. The molecule has 34 heavy (non-hydrogen) atoms. The molecule has 4 aromatic rings. The van der Waals surface area contributed by atoms with Crippen LogP contribution in [0.3, 0.4) is 0 Å². The van der Waals surface area contributed by atoms with Crippen molar-refractivity contribution in [2.45, 2.75) is 25.0 Å². The van der Waals surface area contributed by atoms with E-state index < -0.39 is 0 Å². The van der Waals surface area contributed by atoms with Gasteiger partial charge in [0.1, 0.15) is 5.82 Å². The van der Waals surface area contributed by atoms with Crippen LogP contribution >= 0.6 is 11.8 Å². The quantitative estimate of drug-likeness (QED) is 0.265. The molecule has 0 bridgehead atoms. The van der Waals surface area contributed by atoms with Crippen LogP contribution in [0, 0.1) is 5.82 Å². The maximum absolute atomic E-state index is 14.5. The highest BCUT2D eigenvalue weighted by molar-refractivity contribution is 7.99. The van der Waals surface area contributed by atoms with Gasteiger partial charge in [-0.1, -0.05) is 54.2 Å². The lowest BCUT2D eigenvalue weighted by molar-refractivity contribution is -0.113. The van der Waals surface area contributed by atoms with Crippen molar-refractivity contribution >= 4 is 29.1 Å². The Hall–Kier alpha value is -3.78. The molecule has 0 spiro atoms. The summed E-state index contributed by atoms with van der Waals surface area (Å²) in [7, 11) is 0. The van der Waals surface area contributed by atoms with Gasteiger partial charge in [-0.25, -0.2) is 4.39 Å². The fourth-order valence-electron chi connectivity index (χ4n) is 3.44. The first kappa shape index (κ1) is 23.4. The number of anilines is 1. The van der Waals surface area contributed by atoms with Gasteiger partial charge in [0.25, 0.3) is 0 Å². The number of hydrogen-bond acceptors (Lipinski definition) is 5. The monoisotopic (exact) mass is 474 g/mol. The van der Waals surface area contributed by atoms with E-state index in [2.05, 4.69) is 15.5 Å². The average Bonchev–Trinajstić information content (AvgIpc) is 3.25. The highest BCUT2D eigenvalue weighted by atomic mass is 32.2. The number of rotatable bonds is 9. The zero-order valence-electron chi connectivity index (χ0n) is 18.6. The Kier molecular flexibility index (Phi) is 7.49. The van der Waals surface area contributed by atoms with Crippen LogP contribution in [0.25, 0.3) is 11.4 Å². The summed E-state index contributed by atoms with van der Waals surface area (Å²) in [5.74, 6) is -0.0923. The maximum atomic E-state index is 14.5. The van der Waals surface area contributed by atoms with Crippen molar-refractivity contribution in [1.29, 1.82) is 0 Å². The van der Waals surface area contributed by atoms with Gasteiger partial charge in [0, 0.05) is 17.8 Å². The Morgan fingerprint density at radius 3 is 2.35 bits per heavy atom. The fraction of sp³-hybridized carbons (Fsp3) is 0.154. The second-order valence-corrected chi connectivity index (χ2v) is 8.59. The summed E-state index contributed by atoms with van der Waals surface area (Å²) in [6.07, 6.45) is 0.711. The minimum Gasteiger partial charge on any atom is -0.325 e. The van der Waals surface area contributed by atoms with Crippen LogP contribution in [0.4, 0.5) is 10.1 Å². The van der Waals surface area contributed by atoms with Crippen molar-refractivity contribution < 1.29 is 14.0 Å². The second kappa shape index (κ2) is 10.9. The first-order valence-corrected chi connectivity index (χ1v) is 11.8. The Morgan fingerprint density at radius 1 is 0.941 bits per heavy atom. The van der Waals surface area contributed by atoms with E-state index in [0.29, 0.717) is 40.8 Å². The van der Waals surface area contributed by atoms with Gasteiger partial charge in [0.05, 0.1) is 11.3 Å². The molecule has 172 valence electrons. The molecule has 0 unspecified atom stereocenters. The fourth-order valence-corrected chi connectivity index (χ4v) is 4.20. The Bertz CT molecular complexity index is 1290. The van der Waals surface area contributed by atoms with E-state index in [0.717, 1.165) is 5.56 Å². The predicted molar refractivity (Wildman–Crippen MR) is 131 cm³/mol. The number of aryl methyl sites for hydroxylation is 1. The van der Waals surface area contributed by atoms with Gasteiger partial charge in [0.15, 0.2) is 16.8 Å². The van der Waals surface area contributed by atoms with Crippen molar-refractivity contribution in [2.75, 3.05) is 11.1 Å². The van der Waals surface area contributed by atoms with Crippen LogP contribution in [-0.2, 0) is 17.8 Å². The first-order valence-electron chi connectivity index (χ1n) is 10.8. The molecule has 0 aliphatic heterocycles. The minimum absolute atomic E-state index is 0.0334. The lowest BCUT2D eigenvalue weighted by atomic mass is 10.1. The van der Waals surface area contributed by atoms with E-state index >= 15 is 0 Å². The zero-order chi connectivity index (χ0) is 23.9. The summed E-state index contributed by atoms with van der Waals surface area (Å²) in [5, 5.41) is 11.8. The molecule has 0 radical (unpaired) electrons. The molecule has 3 aromatic carbocycles. The van der Waals surface area contributed by atoms with Crippen LogP contribution in [0.1, 0.15) is 22.8 Å². The van der Waals surface area contributed by atoms with Gasteiger partial charge >= 0.3 is 0 Å². The molecule has 6 nitrogen and oxygen atoms in total. The van der Waals surface area contributed by atoms with Gasteiger partial charge in [0.2, 0.25) is 5.91 Å². The molecule has 0 aliphatic rings. The molecule has 0 aliphatic carbocycles. The Balaban J connectivity index is 1.49. The van der Waals surface area contributed by atoms with Gasteiger partial charge in [-0.3, -0.25) is 9.59 Å².